The smallest absolute Gasteiger partial charge is 0.266 e. The lowest BCUT2D eigenvalue weighted by molar-refractivity contribution is -0.122. The van der Waals surface area contributed by atoms with Crippen LogP contribution in [0.3, 0.4) is 0 Å². The maximum Gasteiger partial charge on any atom is 0.266 e. The highest BCUT2D eigenvalue weighted by Crippen LogP contribution is 2.47. The van der Waals surface area contributed by atoms with Gasteiger partial charge in [-0.2, -0.15) is 0 Å². The van der Waals surface area contributed by atoms with Gasteiger partial charge in [0, 0.05) is 12.0 Å². The van der Waals surface area contributed by atoms with Crippen LogP contribution >= 0.6 is 24.0 Å². The molecule has 1 saturated heterocycles. The summed E-state index contributed by atoms with van der Waals surface area (Å²) in [5, 5.41) is 0. The molecule has 0 bridgehead atoms. The van der Waals surface area contributed by atoms with Crippen molar-refractivity contribution in [2.24, 2.45) is 5.92 Å². The number of carbonyl (C=O) groups excluding carboxylic acids is 1. The number of rotatable bonds is 4. The Hall–Kier alpha value is -2.25. The third kappa shape index (κ3) is 3.15. The van der Waals surface area contributed by atoms with E-state index in [4.69, 9.17) is 26.1 Å². The average Bonchev–Trinajstić information content (AvgIpc) is 3.03. The van der Waals surface area contributed by atoms with Crippen molar-refractivity contribution in [3.63, 3.8) is 0 Å². The minimum absolute atomic E-state index is 0.0968. The van der Waals surface area contributed by atoms with Gasteiger partial charge in [-0.25, -0.2) is 0 Å². The molecule has 138 valence electrons. The predicted octanol–water partition coefficient (Wildman–Crippen LogP) is 4.53. The summed E-state index contributed by atoms with van der Waals surface area (Å²) in [5.41, 5.74) is 0.944. The van der Waals surface area contributed by atoms with E-state index in [2.05, 4.69) is 6.92 Å². The Morgan fingerprint density at radius 2 is 2.07 bits per heavy atom. The number of amides is 1. The zero-order valence-electron chi connectivity index (χ0n) is 14.6. The summed E-state index contributed by atoms with van der Waals surface area (Å²) in [5.74, 6) is 4.24. The molecule has 1 aromatic heterocycles. The molecule has 7 heteroatoms. The highest BCUT2D eigenvalue weighted by molar-refractivity contribution is 8.26. The van der Waals surface area contributed by atoms with Crippen molar-refractivity contribution in [3.8, 4) is 11.5 Å². The summed E-state index contributed by atoms with van der Waals surface area (Å²) in [6.07, 6.45) is 2.96. The Kier molecular flexibility index (Phi) is 4.02. The Morgan fingerprint density at radius 3 is 2.89 bits per heavy atom. The van der Waals surface area contributed by atoms with E-state index in [0.717, 1.165) is 17.1 Å². The first-order valence-corrected chi connectivity index (χ1v) is 10.0. The maximum absolute atomic E-state index is 12.8. The van der Waals surface area contributed by atoms with Crippen molar-refractivity contribution < 1.29 is 18.7 Å². The SMILES string of the molecule is C[C@H]1C[C@H]1c1ccc(/C=C2\SC(=S)N(Cc3ccc4c(c3)OCO4)C2=O)o1. The molecule has 2 fully saturated rings. The predicted molar refractivity (Wildman–Crippen MR) is 107 cm³/mol. The van der Waals surface area contributed by atoms with E-state index in [1.807, 2.05) is 30.3 Å². The lowest BCUT2D eigenvalue weighted by atomic mass is 10.2. The molecule has 2 atom stereocenters. The third-order valence-corrected chi connectivity index (χ3v) is 6.42. The fourth-order valence-corrected chi connectivity index (χ4v) is 4.59. The topological polar surface area (TPSA) is 51.9 Å². The molecule has 1 amide bonds. The first-order chi connectivity index (χ1) is 13.1. The van der Waals surface area contributed by atoms with E-state index in [1.165, 1.54) is 18.2 Å². The standard InChI is InChI=1S/C20H17NO4S2/c1-11-6-14(11)15-5-3-13(25-15)8-18-19(22)21(20(26)27-18)9-12-2-4-16-17(7-12)24-10-23-16/h2-5,7-8,11,14H,6,9-10H2,1H3/b18-8-/t11-,14+/m0/s1. The van der Waals surface area contributed by atoms with Crippen LogP contribution in [-0.4, -0.2) is 21.9 Å². The van der Waals surface area contributed by atoms with E-state index in [0.29, 0.717) is 39.1 Å². The minimum Gasteiger partial charge on any atom is -0.461 e. The monoisotopic (exact) mass is 399 g/mol. The molecule has 5 nitrogen and oxygen atoms in total. The largest absolute Gasteiger partial charge is 0.461 e. The number of carbonyl (C=O) groups is 1. The summed E-state index contributed by atoms with van der Waals surface area (Å²) in [4.78, 5) is 15.0. The van der Waals surface area contributed by atoms with E-state index >= 15 is 0 Å². The normalized spacial score (nSPS) is 24.9. The van der Waals surface area contributed by atoms with Crippen LogP contribution in [0.5, 0.6) is 11.5 Å². The number of hydrogen-bond donors (Lipinski definition) is 0. The molecular formula is C20H17NO4S2. The molecule has 1 aliphatic carbocycles. The van der Waals surface area contributed by atoms with Gasteiger partial charge in [-0.15, -0.1) is 0 Å². The van der Waals surface area contributed by atoms with E-state index < -0.39 is 0 Å². The second-order valence-corrected chi connectivity index (χ2v) is 8.69. The second-order valence-electron chi connectivity index (χ2n) is 7.02. The molecule has 2 aliphatic heterocycles. The van der Waals surface area contributed by atoms with Crippen LogP contribution in [0.25, 0.3) is 6.08 Å². The summed E-state index contributed by atoms with van der Waals surface area (Å²) in [7, 11) is 0. The van der Waals surface area contributed by atoms with E-state index in [9.17, 15) is 4.79 Å². The first kappa shape index (κ1) is 16.9. The molecule has 5 rings (SSSR count). The zero-order valence-corrected chi connectivity index (χ0v) is 16.3. The van der Waals surface area contributed by atoms with Crippen molar-refractivity contribution in [1.82, 2.24) is 4.90 Å². The van der Waals surface area contributed by atoms with Crippen molar-refractivity contribution in [3.05, 3.63) is 52.3 Å². The number of ether oxygens (including phenoxy) is 2. The van der Waals surface area contributed by atoms with Gasteiger partial charge in [0.25, 0.3) is 5.91 Å². The summed E-state index contributed by atoms with van der Waals surface area (Å²) in [6.45, 7) is 2.85. The number of thioether (sulfide) groups is 1. The maximum atomic E-state index is 12.8. The van der Waals surface area contributed by atoms with Crippen molar-refractivity contribution in [1.29, 1.82) is 0 Å². The lowest BCUT2D eigenvalue weighted by Crippen LogP contribution is -2.27. The average molecular weight is 399 g/mol. The van der Waals surface area contributed by atoms with Crippen LogP contribution in [-0.2, 0) is 11.3 Å². The van der Waals surface area contributed by atoms with Gasteiger partial charge in [-0.1, -0.05) is 37.0 Å². The van der Waals surface area contributed by atoms with E-state index in [-0.39, 0.29) is 12.7 Å². The highest BCUT2D eigenvalue weighted by Gasteiger charge is 2.37. The van der Waals surface area contributed by atoms with Gasteiger partial charge in [0.05, 0.1) is 11.4 Å². The van der Waals surface area contributed by atoms with Crippen molar-refractivity contribution in [2.45, 2.75) is 25.8 Å². The molecule has 3 heterocycles. The van der Waals surface area contributed by atoms with Gasteiger partial charge in [0.2, 0.25) is 6.79 Å². The molecular weight excluding hydrogens is 382 g/mol. The van der Waals surface area contributed by atoms with Gasteiger partial charge in [0.1, 0.15) is 15.8 Å². The minimum atomic E-state index is -0.0968. The Labute approximate surface area is 166 Å². The first-order valence-electron chi connectivity index (χ1n) is 8.82. The highest BCUT2D eigenvalue weighted by atomic mass is 32.2. The fraction of sp³-hybridized carbons (Fsp3) is 0.300. The van der Waals surface area contributed by atoms with Crippen molar-refractivity contribution in [2.75, 3.05) is 6.79 Å². The van der Waals surface area contributed by atoms with Gasteiger partial charge >= 0.3 is 0 Å². The lowest BCUT2D eigenvalue weighted by Gasteiger charge is -2.14. The zero-order chi connectivity index (χ0) is 18.5. The molecule has 0 N–H and O–H groups in total. The number of hydrogen-bond acceptors (Lipinski definition) is 6. The second kappa shape index (κ2) is 6.42. The Balaban J connectivity index is 1.33. The number of benzene rings is 1. The van der Waals surface area contributed by atoms with Gasteiger partial charge in [-0.3, -0.25) is 9.69 Å². The van der Waals surface area contributed by atoms with Crippen LogP contribution in [0.15, 0.2) is 39.7 Å². The van der Waals surface area contributed by atoms with Crippen LogP contribution in [0, 0.1) is 5.92 Å². The molecule has 3 aliphatic rings. The van der Waals surface area contributed by atoms with Crippen LogP contribution in [0.1, 0.15) is 36.3 Å². The van der Waals surface area contributed by atoms with Gasteiger partial charge in [-0.05, 0) is 42.2 Å². The van der Waals surface area contributed by atoms with Crippen molar-refractivity contribution >= 4 is 40.3 Å². The van der Waals surface area contributed by atoms with Gasteiger partial charge in [0.15, 0.2) is 11.5 Å². The van der Waals surface area contributed by atoms with Crippen LogP contribution in [0.2, 0.25) is 0 Å². The number of nitrogens with zero attached hydrogens (tertiary/aromatic N) is 1. The fourth-order valence-electron chi connectivity index (χ4n) is 3.35. The Bertz CT molecular complexity index is 980. The quantitative estimate of drug-likeness (QED) is 0.556. The molecule has 0 unspecified atom stereocenters. The summed E-state index contributed by atoms with van der Waals surface area (Å²) in [6, 6.07) is 9.60. The number of furan rings is 1. The summed E-state index contributed by atoms with van der Waals surface area (Å²) >= 11 is 6.73. The Morgan fingerprint density at radius 1 is 1.26 bits per heavy atom. The molecule has 0 radical (unpaired) electrons. The molecule has 1 saturated carbocycles. The van der Waals surface area contributed by atoms with E-state index in [1.54, 1.807) is 11.0 Å². The number of fused-ring (bicyclic) bond motifs is 1. The molecule has 0 spiro atoms. The van der Waals surface area contributed by atoms with Gasteiger partial charge < -0.3 is 13.9 Å². The van der Waals surface area contributed by atoms with Crippen LogP contribution < -0.4 is 9.47 Å². The molecule has 1 aromatic carbocycles. The molecule has 2 aromatic rings. The summed E-state index contributed by atoms with van der Waals surface area (Å²) < 4.78 is 17.2. The third-order valence-electron chi connectivity index (χ3n) is 5.05. The van der Waals surface area contributed by atoms with Crippen LogP contribution in [0.4, 0.5) is 0 Å². The molecule has 27 heavy (non-hydrogen) atoms. The number of thiocarbonyl (C=S) groups is 1.